The summed E-state index contributed by atoms with van der Waals surface area (Å²) in [5.41, 5.74) is 0.875. The molecule has 0 aromatic heterocycles. The molecule has 1 aromatic carbocycles. The lowest BCUT2D eigenvalue weighted by atomic mass is 10.1. The fourth-order valence-electron chi connectivity index (χ4n) is 1.13. The molecule has 1 aromatic rings. The van der Waals surface area contributed by atoms with Crippen LogP contribution in [0, 0.1) is 0 Å². The maximum Gasteiger partial charge on any atom is 0.304 e. The Morgan fingerprint density at radius 2 is 2.00 bits per heavy atom. The number of aliphatic hydroxyl groups is 1. The van der Waals surface area contributed by atoms with Gasteiger partial charge in [0.1, 0.15) is 0 Å². The van der Waals surface area contributed by atoms with Crippen LogP contribution in [0.5, 0.6) is 0 Å². The van der Waals surface area contributed by atoms with Crippen LogP contribution in [0.25, 0.3) is 0 Å². The third-order valence-corrected chi connectivity index (χ3v) is 2.96. The number of aliphatic hydroxyl groups excluding tert-OH is 1. The van der Waals surface area contributed by atoms with Crippen LogP contribution in [0.1, 0.15) is 18.1 Å². The Labute approximate surface area is 93.1 Å². The fraction of sp³-hybridized carbons (Fsp3) is 0.364. The average Bonchev–Trinajstić information content (AvgIpc) is 2.25. The van der Waals surface area contributed by atoms with Gasteiger partial charge in [0.05, 0.1) is 12.5 Å². The van der Waals surface area contributed by atoms with Gasteiger partial charge in [0, 0.05) is 11.5 Å². The van der Waals surface area contributed by atoms with Gasteiger partial charge in [-0.3, -0.25) is 4.79 Å². The summed E-state index contributed by atoms with van der Waals surface area (Å²) in [7, 11) is 0. The molecule has 0 radical (unpaired) electrons. The molecular weight excluding hydrogens is 212 g/mol. The van der Waals surface area contributed by atoms with Crippen molar-refractivity contribution in [3.05, 3.63) is 35.9 Å². The van der Waals surface area contributed by atoms with Crippen molar-refractivity contribution in [2.75, 3.05) is 11.5 Å². The first-order valence-corrected chi connectivity index (χ1v) is 5.88. The Morgan fingerprint density at radius 1 is 1.33 bits per heavy atom. The summed E-state index contributed by atoms with van der Waals surface area (Å²) < 4.78 is 0. The van der Waals surface area contributed by atoms with Crippen molar-refractivity contribution in [2.45, 2.75) is 12.5 Å². The molecule has 0 aliphatic rings. The zero-order chi connectivity index (χ0) is 11.1. The van der Waals surface area contributed by atoms with Crippen molar-refractivity contribution in [3.8, 4) is 0 Å². The Morgan fingerprint density at radius 3 is 2.60 bits per heavy atom. The number of carboxylic acid groups (broad SMARTS) is 1. The van der Waals surface area contributed by atoms with Crippen molar-refractivity contribution in [1.29, 1.82) is 0 Å². The van der Waals surface area contributed by atoms with Crippen LogP contribution in [-0.2, 0) is 4.79 Å². The van der Waals surface area contributed by atoms with Crippen molar-refractivity contribution in [1.82, 2.24) is 0 Å². The molecule has 15 heavy (non-hydrogen) atoms. The highest BCUT2D eigenvalue weighted by Crippen LogP contribution is 2.18. The van der Waals surface area contributed by atoms with Gasteiger partial charge >= 0.3 is 5.97 Å². The maximum atomic E-state index is 10.2. The second kappa shape index (κ2) is 6.48. The zero-order valence-corrected chi connectivity index (χ0v) is 9.11. The third-order valence-electron chi connectivity index (χ3n) is 1.92. The standard InChI is InChI=1S/C11H14O3S/c12-10(8-15-7-6-11(13)14)9-4-2-1-3-5-9/h1-5,10,12H,6-8H2,(H,13,14). The lowest BCUT2D eigenvalue weighted by molar-refractivity contribution is -0.136. The van der Waals surface area contributed by atoms with Crippen LogP contribution in [0.15, 0.2) is 30.3 Å². The number of carbonyl (C=O) groups is 1. The predicted octanol–water partition coefficient (Wildman–Crippen LogP) is 1.93. The summed E-state index contributed by atoms with van der Waals surface area (Å²) in [6, 6.07) is 9.37. The van der Waals surface area contributed by atoms with E-state index in [1.807, 2.05) is 30.3 Å². The minimum absolute atomic E-state index is 0.145. The number of hydrogen-bond donors (Lipinski definition) is 2. The first kappa shape index (κ1) is 12.1. The summed E-state index contributed by atoms with van der Waals surface area (Å²) in [5, 5.41) is 18.1. The monoisotopic (exact) mass is 226 g/mol. The van der Waals surface area contributed by atoms with Gasteiger partial charge in [-0.2, -0.15) is 11.8 Å². The van der Waals surface area contributed by atoms with Crippen molar-refractivity contribution in [3.63, 3.8) is 0 Å². The van der Waals surface area contributed by atoms with E-state index in [9.17, 15) is 9.90 Å². The molecule has 0 heterocycles. The van der Waals surface area contributed by atoms with Crippen molar-refractivity contribution < 1.29 is 15.0 Å². The fourth-order valence-corrected chi connectivity index (χ4v) is 2.03. The molecule has 0 aliphatic heterocycles. The summed E-state index contributed by atoms with van der Waals surface area (Å²) in [6.45, 7) is 0. The van der Waals surface area contributed by atoms with E-state index in [-0.39, 0.29) is 6.42 Å². The minimum atomic E-state index is -0.795. The Bertz CT molecular complexity index is 300. The van der Waals surface area contributed by atoms with Gasteiger partial charge in [-0.15, -0.1) is 0 Å². The zero-order valence-electron chi connectivity index (χ0n) is 8.30. The van der Waals surface area contributed by atoms with Gasteiger partial charge in [0.15, 0.2) is 0 Å². The molecular formula is C11H14O3S. The number of benzene rings is 1. The highest BCUT2D eigenvalue weighted by Gasteiger charge is 2.06. The largest absolute Gasteiger partial charge is 0.481 e. The molecule has 0 saturated carbocycles. The first-order chi connectivity index (χ1) is 7.20. The molecule has 1 rings (SSSR count). The molecule has 4 heteroatoms. The SMILES string of the molecule is O=C(O)CCSCC(O)c1ccccc1. The van der Waals surface area contributed by atoms with E-state index in [1.165, 1.54) is 11.8 Å². The highest BCUT2D eigenvalue weighted by molar-refractivity contribution is 7.99. The molecule has 0 bridgehead atoms. The maximum absolute atomic E-state index is 10.2. The van der Waals surface area contributed by atoms with Crippen LogP contribution < -0.4 is 0 Å². The summed E-state index contributed by atoms with van der Waals surface area (Å²) in [6.07, 6.45) is -0.364. The van der Waals surface area contributed by atoms with Crippen LogP contribution in [0.4, 0.5) is 0 Å². The van der Waals surface area contributed by atoms with E-state index >= 15 is 0 Å². The Hall–Kier alpha value is -1.00. The molecule has 2 N–H and O–H groups in total. The van der Waals surface area contributed by atoms with Gasteiger partial charge in [-0.05, 0) is 5.56 Å². The molecule has 3 nitrogen and oxygen atoms in total. The second-order valence-corrected chi connectivity index (χ2v) is 4.29. The van der Waals surface area contributed by atoms with Crippen molar-refractivity contribution in [2.24, 2.45) is 0 Å². The lowest BCUT2D eigenvalue weighted by Crippen LogP contribution is -2.02. The normalized spacial score (nSPS) is 12.3. The molecule has 0 saturated heterocycles. The lowest BCUT2D eigenvalue weighted by Gasteiger charge is -2.09. The molecule has 0 aliphatic carbocycles. The smallest absolute Gasteiger partial charge is 0.304 e. The van der Waals surface area contributed by atoms with Gasteiger partial charge < -0.3 is 10.2 Å². The molecule has 0 amide bonds. The minimum Gasteiger partial charge on any atom is -0.481 e. The number of thioether (sulfide) groups is 1. The number of hydrogen-bond acceptors (Lipinski definition) is 3. The number of rotatable bonds is 6. The number of aliphatic carboxylic acids is 1. The van der Waals surface area contributed by atoms with E-state index in [2.05, 4.69) is 0 Å². The molecule has 1 atom stereocenters. The quantitative estimate of drug-likeness (QED) is 0.728. The number of carboxylic acids is 1. The van der Waals surface area contributed by atoms with Crippen LogP contribution >= 0.6 is 11.8 Å². The van der Waals surface area contributed by atoms with E-state index in [4.69, 9.17) is 5.11 Å². The highest BCUT2D eigenvalue weighted by atomic mass is 32.2. The van der Waals surface area contributed by atoms with Gasteiger partial charge in [-0.25, -0.2) is 0 Å². The summed E-state index contributed by atoms with van der Waals surface area (Å²) in [4.78, 5) is 10.2. The third kappa shape index (κ3) is 4.85. The first-order valence-electron chi connectivity index (χ1n) is 4.72. The van der Waals surface area contributed by atoms with E-state index < -0.39 is 12.1 Å². The second-order valence-electron chi connectivity index (χ2n) is 3.15. The molecule has 0 fully saturated rings. The summed E-state index contributed by atoms with van der Waals surface area (Å²) >= 11 is 1.45. The van der Waals surface area contributed by atoms with Gasteiger partial charge in [-0.1, -0.05) is 30.3 Å². The van der Waals surface area contributed by atoms with E-state index in [0.29, 0.717) is 11.5 Å². The molecule has 82 valence electrons. The van der Waals surface area contributed by atoms with Crippen LogP contribution in [0.2, 0.25) is 0 Å². The van der Waals surface area contributed by atoms with Gasteiger partial charge in [0.25, 0.3) is 0 Å². The predicted molar refractivity (Wildman–Crippen MR) is 61.0 cm³/mol. The Balaban J connectivity index is 2.25. The van der Waals surface area contributed by atoms with E-state index in [0.717, 1.165) is 5.56 Å². The van der Waals surface area contributed by atoms with E-state index in [1.54, 1.807) is 0 Å². The average molecular weight is 226 g/mol. The van der Waals surface area contributed by atoms with Crippen LogP contribution in [-0.4, -0.2) is 27.7 Å². The van der Waals surface area contributed by atoms with Crippen LogP contribution in [0.3, 0.4) is 0 Å². The summed E-state index contributed by atoms with van der Waals surface area (Å²) in [5.74, 6) is 0.285. The molecule has 1 unspecified atom stereocenters. The topological polar surface area (TPSA) is 57.5 Å². The van der Waals surface area contributed by atoms with Gasteiger partial charge in [0.2, 0.25) is 0 Å². The molecule has 0 spiro atoms. The van der Waals surface area contributed by atoms with Crippen molar-refractivity contribution >= 4 is 17.7 Å². The Kier molecular flexibility index (Phi) is 5.21.